The monoisotopic (exact) mass is 293 g/mol. The number of benzene rings is 1. The molecule has 1 aliphatic rings. The normalized spacial score (nSPS) is 18.0. The van der Waals surface area contributed by atoms with Gasteiger partial charge in [0.1, 0.15) is 0 Å². The lowest BCUT2D eigenvalue weighted by Gasteiger charge is -2.27. The number of methoxy groups -OCH3 is 1. The lowest BCUT2D eigenvalue weighted by atomic mass is 10.1. The van der Waals surface area contributed by atoms with Gasteiger partial charge in [0.2, 0.25) is 0 Å². The highest BCUT2D eigenvalue weighted by Gasteiger charge is 2.21. The molecule has 4 nitrogen and oxygen atoms in total. The number of aromatic nitrogens is 1. The number of halogens is 1. The molecule has 0 radical (unpaired) electrons. The van der Waals surface area contributed by atoms with Gasteiger partial charge in [-0.2, -0.15) is 0 Å². The first-order chi connectivity index (χ1) is 9.72. The van der Waals surface area contributed by atoms with E-state index in [-0.39, 0.29) is 12.1 Å². The average Bonchev–Trinajstić information content (AvgIpc) is 2.78. The number of ether oxygens (including phenoxy) is 2. The van der Waals surface area contributed by atoms with E-state index in [0.717, 1.165) is 36.2 Å². The Morgan fingerprint density at radius 3 is 2.90 bits per heavy atom. The van der Waals surface area contributed by atoms with Crippen LogP contribution < -0.4 is 0 Å². The SMILES string of the molecule is COC(=O)c1ccc2cc(CCl)n(C[C@@H]3CCO3)c2c1. The molecule has 0 unspecified atom stereocenters. The van der Waals surface area contributed by atoms with Gasteiger partial charge in [0.05, 0.1) is 24.7 Å². The molecule has 5 heteroatoms. The second-order valence-corrected chi connectivity index (χ2v) is 5.19. The molecule has 2 aromatic rings. The quantitative estimate of drug-likeness (QED) is 0.643. The molecule has 2 heterocycles. The molecule has 0 aliphatic carbocycles. The van der Waals surface area contributed by atoms with Gasteiger partial charge in [0, 0.05) is 24.4 Å². The summed E-state index contributed by atoms with van der Waals surface area (Å²) in [5.41, 5.74) is 2.59. The molecule has 106 valence electrons. The summed E-state index contributed by atoms with van der Waals surface area (Å²) in [5, 5.41) is 1.08. The van der Waals surface area contributed by atoms with Crippen molar-refractivity contribution in [2.24, 2.45) is 0 Å². The molecule has 0 amide bonds. The van der Waals surface area contributed by atoms with Gasteiger partial charge < -0.3 is 14.0 Å². The molecule has 20 heavy (non-hydrogen) atoms. The lowest BCUT2D eigenvalue weighted by Crippen LogP contribution is -2.31. The minimum Gasteiger partial charge on any atom is -0.465 e. The summed E-state index contributed by atoms with van der Waals surface area (Å²) < 4.78 is 12.4. The average molecular weight is 294 g/mol. The van der Waals surface area contributed by atoms with Crippen molar-refractivity contribution in [3.8, 4) is 0 Å². The van der Waals surface area contributed by atoms with Crippen molar-refractivity contribution in [2.45, 2.75) is 24.9 Å². The van der Waals surface area contributed by atoms with Crippen LogP contribution in [-0.2, 0) is 21.9 Å². The number of carbonyl (C=O) groups is 1. The first-order valence-electron chi connectivity index (χ1n) is 6.61. The Hall–Kier alpha value is -1.52. The third-order valence-corrected chi connectivity index (χ3v) is 4.00. The zero-order valence-corrected chi connectivity index (χ0v) is 12.0. The number of hydrogen-bond donors (Lipinski definition) is 0. The predicted molar refractivity (Wildman–Crippen MR) is 77.2 cm³/mol. The molecule has 1 atom stereocenters. The Labute approximate surface area is 122 Å². The molecule has 0 spiro atoms. The highest BCUT2D eigenvalue weighted by atomic mass is 35.5. The molecule has 1 aliphatic heterocycles. The third-order valence-electron chi connectivity index (χ3n) is 3.73. The van der Waals surface area contributed by atoms with Crippen molar-refractivity contribution in [3.05, 3.63) is 35.5 Å². The van der Waals surface area contributed by atoms with E-state index in [1.54, 1.807) is 6.07 Å². The van der Waals surface area contributed by atoms with Crippen LogP contribution in [0, 0.1) is 0 Å². The first kappa shape index (κ1) is 13.5. The molecule has 0 N–H and O–H groups in total. The minimum absolute atomic E-state index is 0.245. The van der Waals surface area contributed by atoms with Gasteiger partial charge in [-0.15, -0.1) is 11.6 Å². The first-order valence-corrected chi connectivity index (χ1v) is 7.14. The molecule has 0 bridgehead atoms. The number of fused-ring (bicyclic) bond motifs is 1. The van der Waals surface area contributed by atoms with E-state index in [0.29, 0.717) is 11.4 Å². The van der Waals surface area contributed by atoms with Crippen LogP contribution in [-0.4, -0.2) is 30.4 Å². The fourth-order valence-electron chi connectivity index (χ4n) is 2.51. The summed E-state index contributed by atoms with van der Waals surface area (Å²) in [6, 6.07) is 7.62. The van der Waals surface area contributed by atoms with Gasteiger partial charge in [-0.05, 0) is 30.0 Å². The Morgan fingerprint density at radius 2 is 2.30 bits per heavy atom. The van der Waals surface area contributed by atoms with E-state index in [4.69, 9.17) is 21.1 Å². The highest BCUT2D eigenvalue weighted by molar-refractivity contribution is 6.17. The topological polar surface area (TPSA) is 40.5 Å². The summed E-state index contributed by atoms with van der Waals surface area (Å²) in [7, 11) is 1.39. The van der Waals surface area contributed by atoms with Gasteiger partial charge >= 0.3 is 5.97 Å². The van der Waals surface area contributed by atoms with Crippen LogP contribution in [0.15, 0.2) is 24.3 Å². The van der Waals surface area contributed by atoms with Gasteiger partial charge in [0.15, 0.2) is 0 Å². The van der Waals surface area contributed by atoms with Crippen LogP contribution in [0.25, 0.3) is 10.9 Å². The van der Waals surface area contributed by atoms with Crippen molar-refractivity contribution in [1.82, 2.24) is 4.57 Å². The smallest absolute Gasteiger partial charge is 0.337 e. The van der Waals surface area contributed by atoms with Gasteiger partial charge in [0.25, 0.3) is 0 Å². The maximum atomic E-state index is 11.7. The summed E-state index contributed by atoms with van der Waals surface area (Å²) >= 11 is 6.02. The van der Waals surface area contributed by atoms with Crippen molar-refractivity contribution < 1.29 is 14.3 Å². The summed E-state index contributed by atoms with van der Waals surface area (Å²) in [4.78, 5) is 11.7. The van der Waals surface area contributed by atoms with E-state index >= 15 is 0 Å². The Morgan fingerprint density at radius 1 is 1.50 bits per heavy atom. The Bertz CT molecular complexity index is 646. The van der Waals surface area contributed by atoms with Crippen LogP contribution in [0.1, 0.15) is 22.5 Å². The van der Waals surface area contributed by atoms with E-state index in [2.05, 4.69) is 10.6 Å². The molecule has 1 aromatic heterocycles. The van der Waals surface area contributed by atoms with Gasteiger partial charge in [-0.25, -0.2) is 4.79 Å². The molecular weight excluding hydrogens is 278 g/mol. The van der Waals surface area contributed by atoms with Crippen molar-refractivity contribution in [2.75, 3.05) is 13.7 Å². The highest BCUT2D eigenvalue weighted by Crippen LogP contribution is 2.25. The zero-order chi connectivity index (χ0) is 14.1. The van der Waals surface area contributed by atoms with Crippen LogP contribution >= 0.6 is 11.6 Å². The summed E-state index contributed by atoms with van der Waals surface area (Å²) in [5.74, 6) is 0.113. The van der Waals surface area contributed by atoms with E-state index in [1.165, 1.54) is 7.11 Å². The number of alkyl halides is 1. The standard InChI is InChI=1S/C15H16ClNO3/c1-19-15(18)11-3-2-10-6-12(8-16)17(14(10)7-11)9-13-4-5-20-13/h2-3,6-7,13H,4-5,8-9H2,1H3/t13-/m0/s1. The van der Waals surface area contributed by atoms with Crippen LogP contribution in [0.5, 0.6) is 0 Å². The fourth-order valence-corrected chi connectivity index (χ4v) is 2.74. The van der Waals surface area contributed by atoms with E-state index in [9.17, 15) is 4.79 Å². The van der Waals surface area contributed by atoms with Crippen LogP contribution in [0.4, 0.5) is 0 Å². The molecule has 0 saturated carbocycles. The van der Waals surface area contributed by atoms with Crippen LogP contribution in [0.2, 0.25) is 0 Å². The van der Waals surface area contributed by atoms with E-state index < -0.39 is 0 Å². The van der Waals surface area contributed by atoms with Crippen molar-refractivity contribution in [1.29, 1.82) is 0 Å². The Balaban J connectivity index is 2.05. The largest absolute Gasteiger partial charge is 0.465 e. The Kier molecular flexibility index (Phi) is 3.68. The van der Waals surface area contributed by atoms with Gasteiger partial charge in [-0.1, -0.05) is 6.07 Å². The maximum Gasteiger partial charge on any atom is 0.337 e. The lowest BCUT2D eigenvalue weighted by molar-refractivity contribution is -0.0588. The molecule has 3 rings (SSSR count). The van der Waals surface area contributed by atoms with Gasteiger partial charge in [-0.3, -0.25) is 0 Å². The maximum absolute atomic E-state index is 11.7. The predicted octanol–water partition coefficient (Wildman–Crippen LogP) is 2.96. The number of hydrogen-bond acceptors (Lipinski definition) is 3. The summed E-state index contributed by atoms with van der Waals surface area (Å²) in [6.45, 7) is 1.60. The minimum atomic E-state index is -0.327. The number of esters is 1. The zero-order valence-electron chi connectivity index (χ0n) is 11.3. The van der Waals surface area contributed by atoms with Crippen molar-refractivity contribution >= 4 is 28.5 Å². The van der Waals surface area contributed by atoms with E-state index in [1.807, 2.05) is 12.1 Å². The second-order valence-electron chi connectivity index (χ2n) is 4.93. The summed E-state index contributed by atoms with van der Waals surface area (Å²) in [6.07, 6.45) is 1.31. The third kappa shape index (κ3) is 2.30. The molecule has 1 aromatic carbocycles. The fraction of sp³-hybridized carbons (Fsp3) is 0.400. The number of nitrogens with zero attached hydrogens (tertiary/aromatic N) is 1. The molecule has 1 fully saturated rings. The molecule has 1 saturated heterocycles. The van der Waals surface area contributed by atoms with Crippen molar-refractivity contribution in [3.63, 3.8) is 0 Å². The number of carbonyl (C=O) groups excluding carboxylic acids is 1. The number of rotatable bonds is 4. The van der Waals surface area contributed by atoms with Crippen LogP contribution in [0.3, 0.4) is 0 Å². The molecular formula is C15H16ClNO3. The second kappa shape index (κ2) is 5.46.